The summed E-state index contributed by atoms with van der Waals surface area (Å²) >= 11 is 1.39. The summed E-state index contributed by atoms with van der Waals surface area (Å²) in [5, 5.41) is 11.3. The molecule has 0 saturated carbocycles. The van der Waals surface area contributed by atoms with Crippen LogP contribution in [0.15, 0.2) is 58.6 Å². The Bertz CT molecular complexity index is 1020. The highest BCUT2D eigenvalue weighted by molar-refractivity contribution is 8.13. The number of hydrogen-bond acceptors (Lipinski definition) is 6. The Morgan fingerprint density at radius 2 is 1.96 bits per heavy atom. The summed E-state index contributed by atoms with van der Waals surface area (Å²) in [6.45, 7) is 2.50. The van der Waals surface area contributed by atoms with Crippen molar-refractivity contribution in [1.82, 2.24) is 10.3 Å². The van der Waals surface area contributed by atoms with E-state index in [0.717, 1.165) is 21.9 Å². The quantitative estimate of drug-likeness (QED) is 0.896. The zero-order chi connectivity index (χ0) is 18.1. The van der Waals surface area contributed by atoms with Crippen LogP contribution in [0.4, 0.5) is 0 Å². The average molecular weight is 366 g/mol. The summed E-state index contributed by atoms with van der Waals surface area (Å²) in [5.41, 5.74) is 1.38. The Kier molecular flexibility index (Phi) is 4.38. The van der Waals surface area contributed by atoms with E-state index in [0.29, 0.717) is 17.5 Å². The van der Waals surface area contributed by atoms with E-state index in [1.54, 1.807) is 5.01 Å². The maximum absolute atomic E-state index is 12.8. The van der Waals surface area contributed by atoms with Gasteiger partial charge in [0.1, 0.15) is 11.4 Å². The number of amidine groups is 1. The van der Waals surface area contributed by atoms with Gasteiger partial charge >= 0.3 is 0 Å². The normalized spacial score (nSPS) is 18.3. The highest BCUT2D eigenvalue weighted by Gasteiger charge is 2.35. The van der Waals surface area contributed by atoms with E-state index in [9.17, 15) is 4.79 Å². The molecule has 0 fully saturated rings. The highest BCUT2D eigenvalue weighted by Crippen LogP contribution is 2.35. The lowest BCUT2D eigenvalue weighted by atomic mass is 10.1. The van der Waals surface area contributed by atoms with Crippen LogP contribution >= 0.6 is 11.8 Å². The smallest absolute Gasteiger partial charge is 0.276 e. The summed E-state index contributed by atoms with van der Waals surface area (Å²) in [4.78, 5) is 17.7. The second-order valence-corrected chi connectivity index (χ2v) is 6.54. The van der Waals surface area contributed by atoms with Crippen molar-refractivity contribution < 1.29 is 9.53 Å². The first-order chi connectivity index (χ1) is 12.7. The lowest BCUT2D eigenvalue weighted by Crippen LogP contribution is -2.50. The van der Waals surface area contributed by atoms with Crippen molar-refractivity contribution >= 4 is 28.5 Å². The van der Waals surface area contributed by atoms with Gasteiger partial charge < -0.3 is 4.74 Å². The molecule has 0 aliphatic carbocycles. The molecule has 1 atom stereocenters. The van der Waals surface area contributed by atoms with Crippen molar-refractivity contribution in [3.8, 4) is 5.75 Å². The molecule has 1 N–H and O–H groups in total. The zero-order valence-corrected chi connectivity index (χ0v) is 15.3. The first kappa shape index (κ1) is 16.7. The lowest BCUT2D eigenvalue weighted by Gasteiger charge is -2.34. The first-order valence-corrected chi connectivity index (χ1v) is 9.57. The van der Waals surface area contributed by atoms with Crippen molar-refractivity contribution in [2.24, 2.45) is 10.1 Å². The van der Waals surface area contributed by atoms with Crippen molar-refractivity contribution in [1.29, 1.82) is 0 Å². The lowest BCUT2D eigenvalue weighted by molar-refractivity contribution is -0.116. The zero-order valence-electron chi connectivity index (χ0n) is 14.5. The minimum atomic E-state index is -0.462. The number of nitrogens with zero attached hydrogens (tertiary/aromatic N) is 3. The molecule has 4 rings (SSSR count). The number of nitrogens with one attached hydrogen (secondary N) is 1. The van der Waals surface area contributed by atoms with Gasteiger partial charge in [0.05, 0.1) is 12.0 Å². The number of hydrogen-bond donors (Lipinski definition) is 1. The number of hydrazone groups is 1. The van der Waals surface area contributed by atoms with Crippen molar-refractivity contribution in [3.63, 3.8) is 0 Å². The predicted molar refractivity (Wildman–Crippen MR) is 102 cm³/mol. The number of carbonyl (C=O) groups is 1. The van der Waals surface area contributed by atoms with Gasteiger partial charge in [0.15, 0.2) is 11.3 Å². The van der Waals surface area contributed by atoms with Crippen LogP contribution in [0.25, 0.3) is 5.70 Å². The Morgan fingerprint density at radius 1 is 1.19 bits per heavy atom. The summed E-state index contributed by atoms with van der Waals surface area (Å²) in [6.07, 6.45) is 1.42. The number of para-hydroxylation sites is 2. The fourth-order valence-electron chi connectivity index (χ4n) is 3.10. The number of ether oxygens (including phenoxy) is 1. The number of fused-ring (bicyclic) bond motifs is 2. The summed E-state index contributed by atoms with van der Waals surface area (Å²) in [5.74, 6) is 0.569. The van der Waals surface area contributed by atoms with Crippen LogP contribution in [-0.2, 0) is 4.79 Å². The molecule has 0 unspecified atom stereocenters. The summed E-state index contributed by atoms with van der Waals surface area (Å²) in [7, 11) is 0. The molecule has 0 bridgehead atoms. The van der Waals surface area contributed by atoms with Gasteiger partial charge in [0.2, 0.25) is 0 Å². The summed E-state index contributed by atoms with van der Waals surface area (Å²) in [6, 6.07) is 15.4. The van der Waals surface area contributed by atoms with Crippen LogP contribution in [-0.4, -0.2) is 28.9 Å². The van der Waals surface area contributed by atoms with Gasteiger partial charge in [-0.3, -0.25) is 15.1 Å². The van der Waals surface area contributed by atoms with E-state index in [1.807, 2.05) is 61.7 Å². The van der Waals surface area contributed by atoms with Crippen LogP contribution < -0.4 is 20.6 Å². The van der Waals surface area contributed by atoms with E-state index in [4.69, 9.17) is 9.73 Å². The second kappa shape index (κ2) is 6.84. The molecule has 1 amide bonds. The predicted octanol–water partition coefficient (Wildman–Crippen LogP) is 1.59. The molecule has 2 aromatic carbocycles. The molecule has 2 aliphatic heterocycles. The monoisotopic (exact) mass is 366 g/mol. The molecule has 0 aromatic heterocycles. The van der Waals surface area contributed by atoms with Crippen molar-refractivity contribution in [2.75, 3.05) is 12.9 Å². The number of amides is 1. The molecule has 6 nitrogen and oxygen atoms in total. The van der Waals surface area contributed by atoms with Gasteiger partial charge in [-0.2, -0.15) is 0 Å². The number of carbonyl (C=O) groups excluding carboxylic acids is 1. The van der Waals surface area contributed by atoms with E-state index in [1.165, 1.54) is 11.8 Å². The fraction of sp³-hybridized carbons (Fsp3) is 0.211. The summed E-state index contributed by atoms with van der Waals surface area (Å²) < 4.78 is 5.79. The maximum Gasteiger partial charge on any atom is 0.276 e. The largest absolute Gasteiger partial charge is 0.493 e. The molecular weight excluding hydrogens is 348 g/mol. The first-order valence-electron chi connectivity index (χ1n) is 8.35. The fourth-order valence-corrected chi connectivity index (χ4v) is 3.47. The Morgan fingerprint density at radius 3 is 2.77 bits per heavy atom. The van der Waals surface area contributed by atoms with Crippen molar-refractivity contribution in [3.05, 3.63) is 64.7 Å². The minimum Gasteiger partial charge on any atom is -0.493 e. The third kappa shape index (κ3) is 2.74. The number of rotatable bonds is 3. The standard InChI is InChI=1S/C19H18N4O2S/c1-3-25-15-11-7-5-9-13(15)17-20-14-10-6-4-8-12(14)16-18(24)21-19(26-2)22-23(16)17/h4-11,17H,3H2,1-2H3,(H,21,22,24)/t17-/m1/s1. The van der Waals surface area contributed by atoms with Crippen LogP contribution in [0, 0.1) is 0 Å². The van der Waals surface area contributed by atoms with E-state index < -0.39 is 6.17 Å². The molecule has 132 valence electrons. The molecule has 0 saturated heterocycles. The molecule has 26 heavy (non-hydrogen) atoms. The Balaban J connectivity index is 1.97. The SMILES string of the molecule is CCOc1ccccc1[C@@H]1N=c2ccccc2=C2C(=O)NC(SC)=NN21. The van der Waals surface area contributed by atoms with E-state index in [2.05, 4.69) is 10.4 Å². The Labute approximate surface area is 155 Å². The third-order valence-electron chi connectivity index (χ3n) is 4.21. The van der Waals surface area contributed by atoms with Crippen molar-refractivity contribution in [2.45, 2.75) is 13.1 Å². The number of thioether (sulfide) groups is 1. The molecular formula is C19H18N4O2S. The minimum absolute atomic E-state index is 0.175. The molecule has 0 radical (unpaired) electrons. The molecule has 2 aliphatic rings. The second-order valence-electron chi connectivity index (χ2n) is 5.75. The average Bonchev–Trinajstić information content (AvgIpc) is 2.67. The topological polar surface area (TPSA) is 66.3 Å². The number of benzene rings is 2. The Hall–Kier alpha value is -2.80. The van der Waals surface area contributed by atoms with Crippen LogP contribution in [0.2, 0.25) is 0 Å². The van der Waals surface area contributed by atoms with Gasteiger partial charge in [-0.25, -0.2) is 5.01 Å². The van der Waals surface area contributed by atoms with Crippen LogP contribution in [0.3, 0.4) is 0 Å². The van der Waals surface area contributed by atoms with E-state index >= 15 is 0 Å². The van der Waals surface area contributed by atoms with Gasteiger partial charge in [-0.15, -0.1) is 5.10 Å². The van der Waals surface area contributed by atoms with Gasteiger partial charge in [-0.1, -0.05) is 48.2 Å². The molecule has 7 heteroatoms. The van der Waals surface area contributed by atoms with Gasteiger partial charge in [0, 0.05) is 10.8 Å². The van der Waals surface area contributed by atoms with Gasteiger partial charge in [-0.05, 0) is 25.3 Å². The van der Waals surface area contributed by atoms with E-state index in [-0.39, 0.29) is 5.91 Å². The third-order valence-corrected chi connectivity index (χ3v) is 4.78. The van der Waals surface area contributed by atoms with Gasteiger partial charge in [0.25, 0.3) is 5.91 Å². The molecule has 0 spiro atoms. The molecule has 2 aromatic rings. The molecule has 2 heterocycles. The van der Waals surface area contributed by atoms with Crippen LogP contribution in [0.1, 0.15) is 18.7 Å². The highest BCUT2D eigenvalue weighted by atomic mass is 32.2. The maximum atomic E-state index is 12.8. The van der Waals surface area contributed by atoms with Crippen LogP contribution in [0.5, 0.6) is 5.75 Å².